The van der Waals surface area contributed by atoms with Crippen molar-refractivity contribution in [3.63, 3.8) is 0 Å². The molecule has 0 unspecified atom stereocenters. The molecule has 1 saturated heterocycles. The molecular weight excluding hydrogens is 242 g/mol. The van der Waals surface area contributed by atoms with E-state index >= 15 is 0 Å². The number of rotatable bonds is 3. The van der Waals surface area contributed by atoms with Gasteiger partial charge in [0.25, 0.3) is 0 Å². The van der Waals surface area contributed by atoms with Gasteiger partial charge in [0.15, 0.2) is 5.82 Å². The van der Waals surface area contributed by atoms with Crippen LogP contribution >= 0.6 is 0 Å². The molecule has 0 N–H and O–H groups in total. The smallest absolute Gasteiger partial charge is 0.229 e. The average molecular weight is 261 g/mol. The maximum absolute atomic E-state index is 5.27. The molecule has 0 saturated carbocycles. The van der Waals surface area contributed by atoms with Gasteiger partial charge in [-0.2, -0.15) is 4.98 Å². The second kappa shape index (κ2) is 5.13. The molecule has 3 heterocycles. The second-order valence-electron chi connectivity index (χ2n) is 5.18. The molecule has 2 aromatic heterocycles. The molecule has 102 valence electrons. The van der Waals surface area contributed by atoms with E-state index in [9.17, 15) is 0 Å². The zero-order valence-corrected chi connectivity index (χ0v) is 11.4. The molecule has 19 heavy (non-hydrogen) atoms. The monoisotopic (exact) mass is 261 g/mol. The van der Waals surface area contributed by atoms with Crippen molar-refractivity contribution >= 4 is 0 Å². The SMILES string of the molecule is Cc1noc(C2CCN(Cc3nccn3C)CC2)n1. The summed E-state index contributed by atoms with van der Waals surface area (Å²) in [5.74, 6) is 3.06. The minimum absolute atomic E-state index is 0.416. The summed E-state index contributed by atoms with van der Waals surface area (Å²) in [6.07, 6.45) is 5.99. The van der Waals surface area contributed by atoms with E-state index in [1.54, 1.807) is 0 Å². The summed E-state index contributed by atoms with van der Waals surface area (Å²) in [6, 6.07) is 0. The van der Waals surface area contributed by atoms with Gasteiger partial charge in [-0.05, 0) is 32.9 Å². The van der Waals surface area contributed by atoms with Crippen molar-refractivity contribution in [2.75, 3.05) is 13.1 Å². The highest BCUT2D eigenvalue weighted by Gasteiger charge is 2.25. The Bertz CT molecular complexity index is 539. The third kappa shape index (κ3) is 2.68. The molecule has 0 radical (unpaired) electrons. The van der Waals surface area contributed by atoms with E-state index in [0.717, 1.165) is 50.0 Å². The van der Waals surface area contributed by atoms with E-state index in [-0.39, 0.29) is 0 Å². The molecule has 0 bridgehead atoms. The van der Waals surface area contributed by atoms with Crippen molar-refractivity contribution < 1.29 is 4.52 Å². The zero-order valence-electron chi connectivity index (χ0n) is 11.4. The Kier molecular flexibility index (Phi) is 3.33. The van der Waals surface area contributed by atoms with Gasteiger partial charge < -0.3 is 9.09 Å². The first-order valence-corrected chi connectivity index (χ1v) is 6.71. The fraction of sp³-hybridized carbons (Fsp3) is 0.615. The number of nitrogens with zero attached hydrogens (tertiary/aromatic N) is 5. The maximum atomic E-state index is 5.27. The molecule has 0 amide bonds. The maximum Gasteiger partial charge on any atom is 0.229 e. The Morgan fingerprint density at radius 1 is 1.37 bits per heavy atom. The normalized spacial score (nSPS) is 18.0. The molecular formula is C13H19N5O. The first-order valence-electron chi connectivity index (χ1n) is 6.71. The molecule has 0 spiro atoms. The third-order valence-electron chi connectivity index (χ3n) is 3.77. The Hall–Kier alpha value is -1.69. The van der Waals surface area contributed by atoms with Crippen LogP contribution in [-0.2, 0) is 13.6 Å². The fourth-order valence-corrected chi connectivity index (χ4v) is 2.57. The lowest BCUT2D eigenvalue weighted by atomic mass is 9.97. The van der Waals surface area contributed by atoms with Gasteiger partial charge in [0, 0.05) is 25.4 Å². The Morgan fingerprint density at radius 3 is 2.74 bits per heavy atom. The van der Waals surface area contributed by atoms with Crippen molar-refractivity contribution in [3.05, 3.63) is 29.9 Å². The van der Waals surface area contributed by atoms with Crippen LogP contribution in [0.15, 0.2) is 16.9 Å². The van der Waals surface area contributed by atoms with Gasteiger partial charge in [-0.15, -0.1) is 0 Å². The number of aromatic nitrogens is 4. The van der Waals surface area contributed by atoms with Crippen LogP contribution in [0, 0.1) is 6.92 Å². The van der Waals surface area contributed by atoms with Gasteiger partial charge in [0.2, 0.25) is 5.89 Å². The number of aryl methyl sites for hydroxylation is 2. The quantitative estimate of drug-likeness (QED) is 0.837. The van der Waals surface area contributed by atoms with Crippen molar-refractivity contribution in [2.45, 2.75) is 32.2 Å². The molecule has 0 aliphatic carbocycles. The Morgan fingerprint density at radius 2 is 2.16 bits per heavy atom. The van der Waals surface area contributed by atoms with Gasteiger partial charge in [0.1, 0.15) is 5.82 Å². The van der Waals surface area contributed by atoms with Gasteiger partial charge in [0.05, 0.1) is 6.54 Å². The molecule has 1 aliphatic heterocycles. The number of hydrogen-bond donors (Lipinski definition) is 0. The zero-order chi connectivity index (χ0) is 13.2. The fourth-order valence-electron chi connectivity index (χ4n) is 2.57. The molecule has 1 fully saturated rings. The van der Waals surface area contributed by atoms with Crippen LogP contribution in [0.3, 0.4) is 0 Å². The standard InChI is InChI=1S/C13H19N5O/c1-10-15-13(19-16-10)11-3-6-18(7-4-11)9-12-14-5-8-17(12)2/h5,8,11H,3-4,6-7,9H2,1-2H3. The largest absolute Gasteiger partial charge is 0.339 e. The van der Waals surface area contributed by atoms with Crippen LogP contribution in [-0.4, -0.2) is 37.7 Å². The molecule has 3 rings (SSSR count). The Balaban J connectivity index is 1.56. The van der Waals surface area contributed by atoms with E-state index in [0.29, 0.717) is 5.92 Å². The van der Waals surface area contributed by atoms with Crippen molar-refractivity contribution in [1.29, 1.82) is 0 Å². The van der Waals surface area contributed by atoms with Crippen molar-refractivity contribution in [1.82, 2.24) is 24.6 Å². The first kappa shape index (κ1) is 12.3. The number of piperidine rings is 1. The molecule has 1 aliphatic rings. The minimum atomic E-state index is 0.416. The summed E-state index contributed by atoms with van der Waals surface area (Å²) in [7, 11) is 2.04. The van der Waals surface area contributed by atoms with E-state index in [1.165, 1.54) is 0 Å². The highest BCUT2D eigenvalue weighted by atomic mass is 16.5. The van der Waals surface area contributed by atoms with E-state index in [4.69, 9.17) is 4.52 Å². The lowest BCUT2D eigenvalue weighted by Gasteiger charge is -2.29. The van der Waals surface area contributed by atoms with Gasteiger partial charge in [-0.1, -0.05) is 5.16 Å². The molecule has 0 atom stereocenters. The van der Waals surface area contributed by atoms with Gasteiger partial charge in [-0.25, -0.2) is 4.98 Å². The van der Waals surface area contributed by atoms with E-state index < -0.39 is 0 Å². The molecule has 0 aromatic carbocycles. The summed E-state index contributed by atoms with van der Waals surface area (Å²) in [4.78, 5) is 11.1. The number of imidazole rings is 1. The van der Waals surface area contributed by atoms with Crippen molar-refractivity contribution in [3.8, 4) is 0 Å². The van der Waals surface area contributed by atoms with E-state index in [2.05, 4.69) is 24.6 Å². The third-order valence-corrected chi connectivity index (χ3v) is 3.77. The lowest BCUT2D eigenvalue weighted by molar-refractivity contribution is 0.183. The summed E-state index contributed by atoms with van der Waals surface area (Å²) in [6.45, 7) is 4.89. The van der Waals surface area contributed by atoms with Crippen LogP contribution in [0.1, 0.15) is 36.3 Å². The minimum Gasteiger partial charge on any atom is -0.339 e. The highest BCUT2D eigenvalue weighted by Crippen LogP contribution is 2.27. The van der Waals surface area contributed by atoms with Crippen molar-refractivity contribution in [2.24, 2.45) is 7.05 Å². The average Bonchev–Trinajstić information content (AvgIpc) is 3.00. The predicted molar refractivity (Wildman–Crippen MR) is 69.5 cm³/mol. The van der Waals surface area contributed by atoms with Crippen LogP contribution < -0.4 is 0 Å². The Labute approximate surface area is 112 Å². The van der Waals surface area contributed by atoms with Crippen LogP contribution in [0.2, 0.25) is 0 Å². The summed E-state index contributed by atoms with van der Waals surface area (Å²) < 4.78 is 7.34. The highest BCUT2D eigenvalue weighted by molar-refractivity contribution is 4.97. The summed E-state index contributed by atoms with van der Waals surface area (Å²) >= 11 is 0. The topological polar surface area (TPSA) is 60.0 Å². The molecule has 2 aromatic rings. The number of hydrogen-bond acceptors (Lipinski definition) is 5. The summed E-state index contributed by atoms with van der Waals surface area (Å²) in [5, 5.41) is 3.87. The number of likely N-dealkylation sites (tertiary alicyclic amines) is 1. The van der Waals surface area contributed by atoms with Crippen LogP contribution in [0.4, 0.5) is 0 Å². The summed E-state index contributed by atoms with van der Waals surface area (Å²) in [5.41, 5.74) is 0. The van der Waals surface area contributed by atoms with Gasteiger partial charge in [-0.3, -0.25) is 4.90 Å². The molecule has 6 heteroatoms. The van der Waals surface area contributed by atoms with E-state index in [1.807, 2.05) is 26.4 Å². The predicted octanol–water partition coefficient (Wildman–Crippen LogP) is 1.49. The second-order valence-corrected chi connectivity index (χ2v) is 5.18. The lowest BCUT2D eigenvalue weighted by Crippen LogP contribution is -2.33. The van der Waals surface area contributed by atoms with Crippen LogP contribution in [0.5, 0.6) is 0 Å². The first-order chi connectivity index (χ1) is 9.22. The van der Waals surface area contributed by atoms with Crippen LogP contribution in [0.25, 0.3) is 0 Å². The van der Waals surface area contributed by atoms with Gasteiger partial charge >= 0.3 is 0 Å². The molecule has 6 nitrogen and oxygen atoms in total.